The van der Waals surface area contributed by atoms with E-state index >= 15 is 0 Å². The predicted molar refractivity (Wildman–Crippen MR) is 94.2 cm³/mol. The van der Waals surface area contributed by atoms with Crippen molar-refractivity contribution in [1.82, 2.24) is 19.7 Å². The molecule has 0 radical (unpaired) electrons. The molecule has 2 aromatic heterocycles. The van der Waals surface area contributed by atoms with Crippen molar-refractivity contribution < 1.29 is 0 Å². The lowest BCUT2D eigenvalue weighted by Gasteiger charge is -2.22. The monoisotopic (exact) mass is 333 g/mol. The second kappa shape index (κ2) is 6.52. The number of aromatic nitrogens is 4. The Labute approximate surface area is 145 Å². The normalized spacial score (nSPS) is 15.3. The molecule has 0 unspecified atom stereocenters. The van der Waals surface area contributed by atoms with Crippen LogP contribution in [0.4, 0.5) is 0 Å². The molecule has 1 aliphatic rings. The van der Waals surface area contributed by atoms with Crippen LogP contribution in [0, 0.1) is 11.3 Å². The van der Waals surface area contributed by atoms with Crippen LogP contribution in [-0.4, -0.2) is 19.7 Å². The third kappa shape index (κ3) is 2.93. The van der Waals surface area contributed by atoms with Gasteiger partial charge in [-0.3, -0.25) is 4.79 Å². The molecule has 1 saturated carbocycles. The van der Waals surface area contributed by atoms with Crippen LogP contribution in [0.15, 0.2) is 35.3 Å². The molecule has 126 valence electrons. The molecule has 1 fully saturated rings. The minimum Gasteiger partial charge on any atom is -0.310 e. The summed E-state index contributed by atoms with van der Waals surface area (Å²) in [6.07, 6.45) is 7.85. The molecule has 25 heavy (non-hydrogen) atoms. The largest absolute Gasteiger partial charge is 0.310 e. The molecule has 6 nitrogen and oxygen atoms in total. The van der Waals surface area contributed by atoms with Crippen LogP contribution >= 0.6 is 0 Å². The maximum absolute atomic E-state index is 12.4. The number of fused-ring (bicyclic) bond motifs is 1. The Hall–Kier alpha value is -2.94. The first kappa shape index (κ1) is 15.6. The quantitative estimate of drug-likeness (QED) is 0.798. The molecule has 1 aromatic carbocycles. The van der Waals surface area contributed by atoms with Crippen molar-refractivity contribution in [2.24, 2.45) is 0 Å². The number of aromatic amines is 1. The van der Waals surface area contributed by atoms with Crippen molar-refractivity contribution in [1.29, 1.82) is 5.26 Å². The summed E-state index contributed by atoms with van der Waals surface area (Å²) < 4.78 is 1.92. The summed E-state index contributed by atoms with van der Waals surface area (Å²) in [5.74, 6) is 0.567. The number of nitriles is 1. The summed E-state index contributed by atoms with van der Waals surface area (Å²) in [5, 5.41) is 14.2. The number of nitrogens with zero attached hydrogens (tertiary/aromatic N) is 4. The van der Waals surface area contributed by atoms with E-state index in [1.165, 1.54) is 19.3 Å². The van der Waals surface area contributed by atoms with Crippen molar-refractivity contribution >= 4 is 11.0 Å². The third-order valence-corrected chi connectivity index (χ3v) is 4.93. The highest BCUT2D eigenvalue weighted by Gasteiger charge is 2.20. The van der Waals surface area contributed by atoms with Gasteiger partial charge in [-0.25, -0.2) is 9.67 Å². The average molecular weight is 333 g/mol. The molecule has 2 heterocycles. The second-order valence-corrected chi connectivity index (χ2v) is 6.58. The lowest BCUT2D eigenvalue weighted by Crippen LogP contribution is -2.17. The summed E-state index contributed by atoms with van der Waals surface area (Å²) in [5.41, 5.74) is 1.94. The van der Waals surface area contributed by atoms with E-state index in [-0.39, 0.29) is 5.56 Å². The number of hydrogen-bond acceptors (Lipinski definition) is 4. The lowest BCUT2D eigenvalue weighted by atomic mass is 9.96. The molecule has 0 atom stereocenters. The highest BCUT2D eigenvalue weighted by Crippen LogP contribution is 2.29. The standard InChI is InChI=1S/C19H19N5O/c20-11-14-7-5-4-6-13(14)10-17-22-18-16(19(25)23-17)12-21-24(18)15-8-2-1-3-9-15/h4-7,12,15H,1-3,8-10H2,(H,22,23,25). The first-order valence-corrected chi connectivity index (χ1v) is 8.70. The van der Waals surface area contributed by atoms with Gasteiger partial charge in [0.1, 0.15) is 11.2 Å². The zero-order valence-electron chi connectivity index (χ0n) is 13.9. The fourth-order valence-corrected chi connectivity index (χ4v) is 3.62. The van der Waals surface area contributed by atoms with Crippen molar-refractivity contribution in [3.63, 3.8) is 0 Å². The van der Waals surface area contributed by atoms with E-state index in [0.29, 0.717) is 34.9 Å². The van der Waals surface area contributed by atoms with E-state index in [0.717, 1.165) is 18.4 Å². The highest BCUT2D eigenvalue weighted by atomic mass is 16.1. The summed E-state index contributed by atoms with van der Waals surface area (Å²) in [6.45, 7) is 0. The zero-order valence-corrected chi connectivity index (χ0v) is 13.9. The number of nitrogens with one attached hydrogen (secondary N) is 1. The number of hydrogen-bond donors (Lipinski definition) is 1. The molecule has 1 N–H and O–H groups in total. The van der Waals surface area contributed by atoms with Crippen LogP contribution < -0.4 is 5.56 Å². The van der Waals surface area contributed by atoms with Gasteiger partial charge in [-0.2, -0.15) is 10.4 Å². The molecular formula is C19H19N5O. The van der Waals surface area contributed by atoms with E-state index in [2.05, 4.69) is 21.1 Å². The third-order valence-electron chi connectivity index (χ3n) is 4.93. The van der Waals surface area contributed by atoms with Gasteiger partial charge in [0.05, 0.1) is 23.9 Å². The van der Waals surface area contributed by atoms with Crippen molar-refractivity contribution in [2.75, 3.05) is 0 Å². The van der Waals surface area contributed by atoms with Gasteiger partial charge < -0.3 is 4.98 Å². The Morgan fingerprint density at radius 2 is 2.04 bits per heavy atom. The minimum atomic E-state index is -0.170. The molecule has 0 bridgehead atoms. The van der Waals surface area contributed by atoms with Crippen molar-refractivity contribution in [3.05, 3.63) is 57.8 Å². The molecular weight excluding hydrogens is 314 g/mol. The number of rotatable bonds is 3. The van der Waals surface area contributed by atoms with Crippen LogP contribution in [0.25, 0.3) is 11.0 Å². The van der Waals surface area contributed by atoms with Gasteiger partial charge in [-0.1, -0.05) is 37.5 Å². The fourth-order valence-electron chi connectivity index (χ4n) is 3.62. The SMILES string of the molecule is N#Cc1ccccc1Cc1nc2c(cnn2C2CCCCC2)c(=O)[nH]1. The maximum Gasteiger partial charge on any atom is 0.262 e. The molecule has 3 aromatic rings. The van der Waals surface area contributed by atoms with E-state index in [4.69, 9.17) is 0 Å². The summed E-state index contributed by atoms with van der Waals surface area (Å²) in [6, 6.07) is 9.89. The van der Waals surface area contributed by atoms with Gasteiger partial charge in [0, 0.05) is 6.42 Å². The Balaban J connectivity index is 1.75. The van der Waals surface area contributed by atoms with Gasteiger partial charge in [0.25, 0.3) is 5.56 Å². The molecule has 4 rings (SSSR count). The van der Waals surface area contributed by atoms with E-state index in [1.54, 1.807) is 12.3 Å². The Kier molecular flexibility index (Phi) is 4.06. The zero-order chi connectivity index (χ0) is 17.2. The van der Waals surface area contributed by atoms with Gasteiger partial charge in [0.15, 0.2) is 5.65 Å². The van der Waals surface area contributed by atoms with Gasteiger partial charge in [-0.05, 0) is 24.5 Å². The van der Waals surface area contributed by atoms with Gasteiger partial charge in [-0.15, -0.1) is 0 Å². The average Bonchev–Trinajstić information content (AvgIpc) is 3.07. The first-order valence-electron chi connectivity index (χ1n) is 8.70. The molecule has 1 aliphatic carbocycles. The van der Waals surface area contributed by atoms with Crippen LogP contribution in [0.1, 0.15) is 55.1 Å². The smallest absolute Gasteiger partial charge is 0.262 e. The van der Waals surface area contributed by atoms with Crippen LogP contribution in [-0.2, 0) is 6.42 Å². The molecule has 0 spiro atoms. The number of benzene rings is 1. The first-order chi connectivity index (χ1) is 12.3. The number of H-pyrrole nitrogens is 1. The van der Waals surface area contributed by atoms with Crippen LogP contribution in [0.2, 0.25) is 0 Å². The highest BCUT2D eigenvalue weighted by molar-refractivity contribution is 5.73. The Morgan fingerprint density at radius 3 is 2.84 bits per heavy atom. The Bertz CT molecular complexity index is 1000. The lowest BCUT2D eigenvalue weighted by molar-refractivity contribution is 0.335. The van der Waals surface area contributed by atoms with Gasteiger partial charge in [0.2, 0.25) is 0 Å². The molecule has 0 aliphatic heterocycles. The summed E-state index contributed by atoms with van der Waals surface area (Å²) in [7, 11) is 0. The fraction of sp³-hybridized carbons (Fsp3) is 0.368. The van der Waals surface area contributed by atoms with E-state index in [9.17, 15) is 10.1 Å². The molecule has 0 amide bonds. The molecule has 0 saturated heterocycles. The predicted octanol–water partition coefficient (Wildman–Crippen LogP) is 3.09. The maximum atomic E-state index is 12.4. The van der Waals surface area contributed by atoms with Crippen molar-refractivity contribution in [3.8, 4) is 6.07 Å². The van der Waals surface area contributed by atoms with E-state index < -0.39 is 0 Å². The molecule has 6 heteroatoms. The van der Waals surface area contributed by atoms with Crippen LogP contribution in [0.5, 0.6) is 0 Å². The topological polar surface area (TPSA) is 87.4 Å². The summed E-state index contributed by atoms with van der Waals surface area (Å²) >= 11 is 0. The summed E-state index contributed by atoms with van der Waals surface area (Å²) in [4.78, 5) is 19.9. The van der Waals surface area contributed by atoms with Crippen LogP contribution in [0.3, 0.4) is 0 Å². The van der Waals surface area contributed by atoms with Gasteiger partial charge >= 0.3 is 0 Å². The van der Waals surface area contributed by atoms with E-state index in [1.807, 2.05) is 22.9 Å². The van der Waals surface area contributed by atoms with Crippen molar-refractivity contribution in [2.45, 2.75) is 44.6 Å². The Morgan fingerprint density at radius 1 is 1.24 bits per heavy atom. The second-order valence-electron chi connectivity index (χ2n) is 6.58. The minimum absolute atomic E-state index is 0.170.